The van der Waals surface area contributed by atoms with Gasteiger partial charge in [-0.1, -0.05) is 25.7 Å². The number of nitrogens with zero attached hydrogens (tertiary/aromatic N) is 1. The first-order valence-electron chi connectivity index (χ1n) is 25.2. The first kappa shape index (κ1) is 63.5. The van der Waals surface area contributed by atoms with Crippen LogP contribution in [0.15, 0.2) is 0 Å². The van der Waals surface area contributed by atoms with Crippen LogP contribution in [0.5, 0.6) is 0 Å². The van der Waals surface area contributed by atoms with Crippen molar-refractivity contribution in [1.82, 2.24) is 4.90 Å². The van der Waals surface area contributed by atoms with Gasteiger partial charge in [0.15, 0.2) is 0 Å². The number of esters is 4. The Balaban J connectivity index is 3.76. The highest BCUT2D eigenvalue weighted by Gasteiger charge is 2.13. The molecule has 0 heterocycles. The summed E-state index contributed by atoms with van der Waals surface area (Å²) >= 11 is 0. The quantitative estimate of drug-likeness (QED) is 0.0411. The van der Waals surface area contributed by atoms with Crippen LogP contribution in [0.2, 0.25) is 0 Å². The molecule has 0 rings (SSSR count). The van der Waals surface area contributed by atoms with Crippen molar-refractivity contribution >= 4 is 23.9 Å². The lowest BCUT2D eigenvalue weighted by molar-refractivity contribution is -0.147. The molecule has 0 aliphatic heterocycles. The molecule has 0 amide bonds. The van der Waals surface area contributed by atoms with E-state index in [0.29, 0.717) is 170 Å². The van der Waals surface area contributed by atoms with Crippen molar-refractivity contribution in [2.45, 2.75) is 141 Å². The Morgan fingerprint density at radius 2 is 0.591 bits per heavy atom. The third-order valence-corrected chi connectivity index (χ3v) is 9.95. The van der Waals surface area contributed by atoms with Gasteiger partial charge in [0.05, 0.1) is 52.5 Å². The zero-order chi connectivity index (χ0) is 48.1. The average molecular weight is 952 g/mol. The van der Waals surface area contributed by atoms with Crippen LogP contribution in [0.4, 0.5) is 0 Å². The minimum absolute atomic E-state index is 0.0765. The number of rotatable bonds is 54. The topological polar surface area (TPSA) is 236 Å². The lowest BCUT2D eigenvalue weighted by atomic mass is 10.1. The summed E-state index contributed by atoms with van der Waals surface area (Å²) in [6.45, 7) is 11.8. The fourth-order valence-electron chi connectivity index (χ4n) is 6.21. The molecule has 0 spiro atoms. The number of ether oxygens (including phenoxy) is 10. The molecule has 0 fully saturated rings. The summed E-state index contributed by atoms with van der Waals surface area (Å²) in [5.41, 5.74) is 10.7. The van der Waals surface area contributed by atoms with Gasteiger partial charge in [0.25, 0.3) is 0 Å². The number of unbranched alkanes of at least 4 members (excludes halogenated alkanes) is 9. The number of aliphatic hydroxyl groups excluding tert-OH is 1. The molecule has 0 radical (unpaired) electrons. The number of hydrogen-bond acceptors (Lipinski definition) is 18. The number of carbonyl (C=O) groups is 4. The van der Waals surface area contributed by atoms with Crippen molar-refractivity contribution in [2.24, 2.45) is 11.5 Å². The van der Waals surface area contributed by atoms with E-state index in [2.05, 4.69) is 0 Å². The van der Waals surface area contributed by atoms with E-state index in [0.717, 1.165) is 83.5 Å². The van der Waals surface area contributed by atoms with Crippen LogP contribution in [0, 0.1) is 0 Å². The molecule has 18 heteroatoms. The summed E-state index contributed by atoms with van der Waals surface area (Å²) in [6, 6.07) is 0. The fraction of sp³-hybridized carbons (Fsp3) is 0.917. The minimum Gasteiger partial charge on any atom is -0.466 e. The first-order valence-corrected chi connectivity index (χ1v) is 25.2. The second kappa shape index (κ2) is 53.4. The molecule has 0 aromatic carbocycles. The number of nitrogens with two attached hydrogens (primary N) is 2. The summed E-state index contributed by atoms with van der Waals surface area (Å²) in [5.74, 6) is -1.07. The summed E-state index contributed by atoms with van der Waals surface area (Å²) in [4.78, 5) is 50.9. The molecule has 0 saturated carbocycles. The van der Waals surface area contributed by atoms with Crippen molar-refractivity contribution in [1.29, 1.82) is 0 Å². The van der Waals surface area contributed by atoms with Crippen LogP contribution >= 0.6 is 0 Å². The molecule has 0 atom stereocenters. The van der Waals surface area contributed by atoms with Crippen LogP contribution in [0.3, 0.4) is 0 Å². The number of aliphatic hydroxyl groups is 1. The summed E-state index contributed by atoms with van der Waals surface area (Å²) in [6.07, 6.45) is 15.7. The van der Waals surface area contributed by atoms with Crippen LogP contribution in [0.1, 0.15) is 141 Å². The maximum atomic E-state index is 12.4. The molecular weight excluding hydrogens is 859 g/mol. The van der Waals surface area contributed by atoms with Crippen LogP contribution < -0.4 is 11.5 Å². The van der Waals surface area contributed by atoms with E-state index in [1.54, 1.807) is 0 Å². The summed E-state index contributed by atoms with van der Waals surface area (Å²) in [5, 5.41) is 9.21. The van der Waals surface area contributed by atoms with E-state index in [1.807, 2.05) is 4.90 Å². The Morgan fingerprint density at radius 1 is 0.303 bits per heavy atom. The first-order chi connectivity index (χ1) is 32.4. The smallest absolute Gasteiger partial charge is 0.307 e. The van der Waals surface area contributed by atoms with Crippen LogP contribution in [-0.2, 0) is 66.5 Å². The normalized spacial score (nSPS) is 11.3. The molecule has 390 valence electrons. The third-order valence-electron chi connectivity index (χ3n) is 9.95. The largest absolute Gasteiger partial charge is 0.466 e. The highest BCUT2D eigenvalue weighted by Crippen LogP contribution is 2.08. The second-order valence-corrected chi connectivity index (χ2v) is 16.1. The molecule has 18 nitrogen and oxygen atoms in total. The van der Waals surface area contributed by atoms with E-state index in [1.165, 1.54) is 0 Å². The third kappa shape index (κ3) is 50.9. The standard InChI is InChI=1S/C48H93N3O15/c49-23-43-61-37-17-35-59-33-15-31-57-29-9-3-1-5-19-45(53)63-39-11-13-41-65-47(55)21-26-51(25-7-8-28-52)27-22-48(56)66-42-14-12-40-64-46(54)20-6-2-4-10-30-58-32-16-34-60-36-18-38-62-44-24-50/h52H,1-44,49-50H2. The van der Waals surface area contributed by atoms with Gasteiger partial charge in [-0.2, -0.15) is 0 Å². The van der Waals surface area contributed by atoms with Gasteiger partial charge >= 0.3 is 23.9 Å². The molecule has 66 heavy (non-hydrogen) atoms. The van der Waals surface area contributed by atoms with Gasteiger partial charge in [-0.05, 0) is 96.4 Å². The zero-order valence-electron chi connectivity index (χ0n) is 40.9. The van der Waals surface area contributed by atoms with Gasteiger partial charge in [-0.3, -0.25) is 19.2 Å². The van der Waals surface area contributed by atoms with E-state index < -0.39 is 0 Å². The fourth-order valence-corrected chi connectivity index (χ4v) is 6.21. The SMILES string of the molecule is NCCOCCCOCCCOCCCCCCC(=O)OCCCCOC(=O)CCN(CCCCO)CCC(=O)OCCCCOC(=O)CCCCCCOCCCOCCCOCCN. The number of carbonyl (C=O) groups excluding carboxylic acids is 4. The maximum Gasteiger partial charge on any atom is 0.307 e. The molecule has 0 unspecified atom stereocenters. The Hall–Kier alpha value is -2.52. The van der Waals surface area contributed by atoms with Crippen LogP contribution in [-0.4, -0.2) is 179 Å². The van der Waals surface area contributed by atoms with Crippen LogP contribution in [0.25, 0.3) is 0 Å². The Kier molecular flexibility index (Phi) is 51.4. The molecule has 0 aliphatic rings. The van der Waals surface area contributed by atoms with E-state index in [9.17, 15) is 24.3 Å². The number of hydrogen-bond donors (Lipinski definition) is 3. The molecular formula is C48H93N3O15. The van der Waals surface area contributed by atoms with Gasteiger partial charge in [0.1, 0.15) is 0 Å². The summed E-state index contributed by atoms with van der Waals surface area (Å²) < 4.78 is 54.4. The predicted molar refractivity (Wildman–Crippen MR) is 252 cm³/mol. The Bertz CT molecular complexity index is 1000. The van der Waals surface area contributed by atoms with E-state index >= 15 is 0 Å². The average Bonchev–Trinajstić information content (AvgIpc) is 3.31. The molecule has 0 saturated heterocycles. The monoisotopic (exact) mass is 952 g/mol. The van der Waals surface area contributed by atoms with Crippen molar-refractivity contribution in [2.75, 3.05) is 145 Å². The van der Waals surface area contributed by atoms with Gasteiger partial charge < -0.3 is 68.8 Å². The molecule has 0 aromatic rings. The Labute approximate surface area is 397 Å². The van der Waals surface area contributed by atoms with Crippen molar-refractivity contribution in [3.63, 3.8) is 0 Å². The molecule has 5 N–H and O–H groups in total. The highest BCUT2D eigenvalue weighted by molar-refractivity contribution is 5.70. The molecule has 0 bridgehead atoms. The molecule has 0 aromatic heterocycles. The lowest BCUT2D eigenvalue weighted by Crippen LogP contribution is -2.31. The highest BCUT2D eigenvalue weighted by atomic mass is 16.5. The van der Waals surface area contributed by atoms with E-state index in [4.69, 9.17) is 58.8 Å². The van der Waals surface area contributed by atoms with E-state index in [-0.39, 0.29) is 56.5 Å². The Morgan fingerprint density at radius 3 is 0.924 bits per heavy atom. The lowest BCUT2D eigenvalue weighted by Gasteiger charge is -2.21. The van der Waals surface area contributed by atoms with Gasteiger partial charge in [0, 0.05) is 112 Å². The minimum atomic E-state index is -0.329. The molecule has 0 aliphatic carbocycles. The van der Waals surface area contributed by atoms with Gasteiger partial charge in [-0.25, -0.2) is 0 Å². The second-order valence-electron chi connectivity index (χ2n) is 16.1. The van der Waals surface area contributed by atoms with Crippen molar-refractivity contribution in [3.05, 3.63) is 0 Å². The van der Waals surface area contributed by atoms with Gasteiger partial charge in [-0.15, -0.1) is 0 Å². The van der Waals surface area contributed by atoms with Crippen molar-refractivity contribution < 1.29 is 71.7 Å². The van der Waals surface area contributed by atoms with Crippen molar-refractivity contribution in [3.8, 4) is 0 Å². The maximum absolute atomic E-state index is 12.4. The predicted octanol–water partition coefficient (Wildman–Crippen LogP) is 5.05. The zero-order valence-corrected chi connectivity index (χ0v) is 40.9. The van der Waals surface area contributed by atoms with Gasteiger partial charge in [0.2, 0.25) is 0 Å². The summed E-state index contributed by atoms with van der Waals surface area (Å²) in [7, 11) is 0.